The fourth-order valence-electron chi connectivity index (χ4n) is 2.96. The van der Waals surface area contributed by atoms with E-state index in [-0.39, 0.29) is 0 Å². The average Bonchev–Trinajstić information content (AvgIpc) is 2.78. The van der Waals surface area contributed by atoms with Crippen LogP contribution in [0.3, 0.4) is 0 Å². The van der Waals surface area contributed by atoms with Crippen molar-refractivity contribution >= 4 is 17.5 Å². The summed E-state index contributed by atoms with van der Waals surface area (Å²) >= 11 is 0. The smallest absolute Gasteiger partial charge is 0.377 e. The lowest BCUT2D eigenvalue weighted by atomic mass is 9.93. The lowest BCUT2D eigenvalue weighted by Crippen LogP contribution is -2.13. The predicted molar refractivity (Wildman–Crippen MR) is 135 cm³/mol. The quantitative estimate of drug-likeness (QED) is 0.283. The number of nitrogens with one attached hydrogen (secondary N) is 1. The Morgan fingerprint density at radius 2 is 1.79 bits per heavy atom. The molecule has 0 bridgehead atoms. The van der Waals surface area contributed by atoms with Crippen molar-refractivity contribution in [2.45, 2.75) is 73.9 Å². The second-order valence-corrected chi connectivity index (χ2v) is 7.77. The summed E-state index contributed by atoms with van der Waals surface area (Å²) in [5, 5.41) is 12.7. The van der Waals surface area contributed by atoms with E-state index in [0.717, 1.165) is 54.3 Å². The molecule has 0 saturated carbocycles. The zero-order valence-electron chi connectivity index (χ0n) is 21.0. The first-order valence-electron chi connectivity index (χ1n) is 11.5. The summed E-state index contributed by atoms with van der Waals surface area (Å²) in [6.07, 6.45) is 0.190. The van der Waals surface area contributed by atoms with E-state index in [1.54, 1.807) is 0 Å². The van der Waals surface area contributed by atoms with Gasteiger partial charge in [0.25, 0.3) is 0 Å². The van der Waals surface area contributed by atoms with Crippen molar-refractivity contribution in [3.8, 4) is 6.07 Å². The van der Waals surface area contributed by atoms with Crippen LogP contribution in [0, 0.1) is 17.2 Å². The third kappa shape index (κ3) is 10.6. The van der Waals surface area contributed by atoms with E-state index in [9.17, 15) is 18.4 Å². The van der Waals surface area contributed by atoms with Gasteiger partial charge in [-0.2, -0.15) is 18.4 Å². The number of aryl methyl sites for hydroxylation is 1. The Hall–Kier alpha value is -2.81. The van der Waals surface area contributed by atoms with Crippen molar-refractivity contribution in [2.24, 2.45) is 10.9 Å². The van der Waals surface area contributed by atoms with Gasteiger partial charge in [0.1, 0.15) is 11.8 Å². The molecule has 1 aromatic rings. The summed E-state index contributed by atoms with van der Waals surface area (Å²) in [6, 6.07) is 8.17. The number of nitrogens with zero attached hydrogens (tertiary/aromatic N) is 2. The highest BCUT2D eigenvalue weighted by Gasteiger charge is 2.29. The average molecular weight is 462 g/mol. The van der Waals surface area contributed by atoms with E-state index in [0.29, 0.717) is 30.3 Å². The highest BCUT2D eigenvalue weighted by atomic mass is 19.4. The Morgan fingerprint density at radius 1 is 1.18 bits per heavy atom. The van der Waals surface area contributed by atoms with E-state index in [1.807, 2.05) is 39.8 Å². The minimum atomic E-state index is -4.38. The number of aliphatic imine (C=N–C) groups is 1. The molecular weight excluding hydrogens is 423 g/mol. The molecule has 0 saturated heterocycles. The summed E-state index contributed by atoms with van der Waals surface area (Å²) in [5.41, 5.74) is 3.77. The molecule has 1 aromatic carbocycles. The third-order valence-corrected chi connectivity index (χ3v) is 4.81. The van der Waals surface area contributed by atoms with Gasteiger partial charge < -0.3 is 5.32 Å². The highest BCUT2D eigenvalue weighted by molar-refractivity contribution is 5.81. The van der Waals surface area contributed by atoms with Gasteiger partial charge in [-0.05, 0) is 73.9 Å². The Bertz CT molecular complexity index is 898. The van der Waals surface area contributed by atoms with Crippen molar-refractivity contribution in [3.63, 3.8) is 0 Å². The maximum absolute atomic E-state index is 12.7. The van der Waals surface area contributed by atoms with Crippen molar-refractivity contribution in [3.05, 3.63) is 58.8 Å². The summed E-state index contributed by atoms with van der Waals surface area (Å²) < 4.78 is 38.0. The fraction of sp³-hybridized carbons (Fsp3) is 0.481. The molecule has 0 aliphatic rings. The minimum Gasteiger partial charge on any atom is -0.377 e. The molecule has 0 fully saturated rings. The van der Waals surface area contributed by atoms with Gasteiger partial charge in [0.05, 0.1) is 5.70 Å². The summed E-state index contributed by atoms with van der Waals surface area (Å²) in [7, 11) is 0. The van der Waals surface area contributed by atoms with Crippen LogP contribution >= 0.6 is 0 Å². The van der Waals surface area contributed by atoms with Crippen molar-refractivity contribution in [1.29, 1.82) is 5.26 Å². The molecule has 0 aliphatic carbocycles. The fourth-order valence-corrected chi connectivity index (χ4v) is 2.96. The van der Waals surface area contributed by atoms with Crippen LogP contribution in [0.5, 0.6) is 0 Å². The number of rotatable bonds is 10. The second kappa shape index (κ2) is 15.1. The molecule has 0 aromatic heterocycles. The molecule has 0 aliphatic heterocycles. The molecule has 0 unspecified atom stereocenters. The third-order valence-electron chi connectivity index (χ3n) is 4.81. The molecule has 1 N–H and O–H groups in total. The Labute approximate surface area is 197 Å². The number of hydrogen-bond donors (Lipinski definition) is 1. The lowest BCUT2D eigenvalue weighted by Gasteiger charge is -2.15. The maximum Gasteiger partial charge on any atom is 0.412 e. The predicted octanol–water partition coefficient (Wildman–Crippen LogP) is 8.11. The van der Waals surface area contributed by atoms with Crippen LogP contribution in [-0.2, 0) is 6.42 Å². The lowest BCUT2D eigenvalue weighted by molar-refractivity contribution is -0.0911. The highest BCUT2D eigenvalue weighted by Crippen LogP contribution is 2.28. The van der Waals surface area contributed by atoms with E-state index in [4.69, 9.17) is 0 Å². The topological polar surface area (TPSA) is 48.2 Å². The summed E-state index contributed by atoms with van der Waals surface area (Å²) in [5.74, 6) is 0.529. The monoisotopic (exact) mass is 461 g/mol. The molecule has 0 atom stereocenters. The van der Waals surface area contributed by atoms with E-state index < -0.39 is 11.7 Å². The first-order valence-corrected chi connectivity index (χ1v) is 11.5. The minimum absolute atomic E-state index is 0.372. The van der Waals surface area contributed by atoms with Gasteiger partial charge in [0.15, 0.2) is 0 Å². The van der Waals surface area contributed by atoms with Crippen LogP contribution in [0.2, 0.25) is 0 Å². The maximum atomic E-state index is 12.7. The van der Waals surface area contributed by atoms with Crippen LogP contribution in [0.15, 0.2) is 47.1 Å². The zero-order chi connectivity index (χ0) is 25.6. The molecule has 1 rings (SSSR count). The summed E-state index contributed by atoms with van der Waals surface area (Å²) in [6.45, 7) is 17.8. The number of allylic oxidation sites excluding steroid dienone is 4. The normalized spacial score (nSPS) is 12.7. The van der Waals surface area contributed by atoms with Crippen LogP contribution in [0.4, 0.5) is 13.2 Å². The van der Waals surface area contributed by atoms with E-state index >= 15 is 0 Å². The van der Waals surface area contributed by atoms with E-state index in [1.165, 1.54) is 0 Å². The van der Waals surface area contributed by atoms with Gasteiger partial charge in [-0.15, -0.1) is 0 Å². The zero-order valence-corrected chi connectivity index (χ0v) is 21.0. The number of hydrogen-bond acceptors (Lipinski definition) is 3. The van der Waals surface area contributed by atoms with Gasteiger partial charge in [-0.1, -0.05) is 47.3 Å². The first kappa shape index (κ1) is 30.2. The number of alkyl halides is 3. The standard InChI is InChI=1S/C25H32F3N3.C2H6/c1-7-23(24(16-29)30-8-2)22-14-20(10-9-17(3)4)13-21(15-22)19(6)31-12-11-18(5)25(26,27)28;1-2/h11-15,17,30H,6-10H2,1-5H3;1-2H3/b18-11+,24-23+,31-12?;. The van der Waals surface area contributed by atoms with Crippen LogP contribution in [0.25, 0.3) is 11.3 Å². The molecule has 0 amide bonds. The SMILES string of the molecule is C=C(N=C/C=C(\C)C(F)(F)F)c1cc(CCC(C)C)cc(/C(CC)=C(\C#N)NCC)c1.CC. The van der Waals surface area contributed by atoms with Gasteiger partial charge in [0, 0.05) is 23.9 Å². The van der Waals surface area contributed by atoms with Gasteiger partial charge >= 0.3 is 6.18 Å². The largest absolute Gasteiger partial charge is 0.412 e. The molecule has 0 spiro atoms. The van der Waals surface area contributed by atoms with Crippen LogP contribution < -0.4 is 5.32 Å². The number of benzene rings is 1. The Morgan fingerprint density at radius 3 is 2.27 bits per heavy atom. The van der Waals surface area contributed by atoms with Crippen LogP contribution in [-0.4, -0.2) is 18.9 Å². The Kier molecular flexibility index (Phi) is 13.8. The Balaban J connectivity index is 0.00000497. The van der Waals surface area contributed by atoms with Gasteiger partial charge in [-0.25, -0.2) is 0 Å². The van der Waals surface area contributed by atoms with Crippen molar-refractivity contribution < 1.29 is 13.2 Å². The molecule has 0 radical (unpaired) electrons. The van der Waals surface area contributed by atoms with Crippen molar-refractivity contribution in [1.82, 2.24) is 5.32 Å². The molecule has 182 valence electrons. The van der Waals surface area contributed by atoms with E-state index in [2.05, 4.69) is 42.9 Å². The van der Waals surface area contributed by atoms with Gasteiger partial charge in [0.2, 0.25) is 0 Å². The molecule has 33 heavy (non-hydrogen) atoms. The van der Waals surface area contributed by atoms with Crippen LogP contribution in [0.1, 0.15) is 78.0 Å². The molecular formula is C27H38F3N3. The second-order valence-electron chi connectivity index (χ2n) is 7.77. The summed E-state index contributed by atoms with van der Waals surface area (Å²) in [4.78, 5) is 4.12. The van der Waals surface area contributed by atoms with Gasteiger partial charge in [-0.3, -0.25) is 4.99 Å². The van der Waals surface area contributed by atoms with Crippen molar-refractivity contribution in [2.75, 3.05) is 6.54 Å². The first-order chi connectivity index (χ1) is 15.5. The number of nitriles is 1. The number of halogens is 3. The molecule has 3 nitrogen and oxygen atoms in total. The molecule has 0 heterocycles. The molecule has 6 heteroatoms.